The highest BCUT2D eigenvalue weighted by Crippen LogP contribution is 2.24. The smallest absolute Gasteiger partial charge is 0.248 e. The summed E-state index contributed by atoms with van der Waals surface area (Å²) >= 11 is 0. The standard InChI is InChI=1S/C21H19F2N3O3/c1-13(27)24-18-12-19(17(23)11-16(18)22)25-20(28)9-6-14-4-7-15(8-5-14)26-10-2-3-21(26)29/h4-9,11-12H,2-3,10H2,1H3,(H,24,27)(H,25,28)/b9-6+. The molecule has 1 saturated heterocycles. The van der Waals surface area contributed by atoms with Crippen LogP contribution >= 0.6 is 0 Å². The molecule has 0 aromatic heterocycles. The van der Waals surface area contributed by atoms with Gasteiger partial charge in [-0.3, -0.25) is 14.4 Å². The Labute approximate surface area is 166 Å². The summed E-state index contributed by atoms with van der Waals surface area (Å²) < 4.78 is 27.6. The van der Waals surface area contributed by atoms with E-state index in [1.165, 1.54) is 19.1 Å². The van der Waals surface area contributed by atoms with Gasteiger partial charge in [0.2, 0.25) is 17.7 Å². The first-order chi connectivity index (χ1) is 13.8. The van der Waals surface area contributed by atoms with Crippen molar-refractivity contribution < 1.29 is 23.2 Å². The molecule has 150 valence electrons. The quantitative estimate of drug-likeness (QED) is 0.753. The minimum absolute atomic E-state index is 0.0904. The lowest BCUT2D eigenvalue weighted by atomic mass is 10.2. The second-order valence-corrected chi connectivity index (χ2v) is 6.56. The number of hydrogen-bond donors (Lipinski definition) is 2. The third-order valence-electron chi connectivity index (χ3n) is 4.33. The summed E-state index contributed by atoms with van der Waals surface area (Å²) in [6, 6.07) is 8.71. The zero-order valence-electron chi connectivity index (χ0n) is 15.7. The SMILES string of the molecule is CC(=O)Nc1cc(NC(=O)/C=C/c2ccc(N3CCCC3=O)cc2)c(F)cc1F. The molecule has 3 amide bonds. The summed E-state index contributed by atoms with van der Waals surface area (Å²) in [6.07, 6.45) is 4.12. The summed E-state index contributed by atoms with van der Waals surface area (Å²) in [5.41, 5.74) is 1.03. The lowest BCUT2D eigenvalue weighted by molar-refractivity contribution is -0.117. The summed E-state index contributed by atoms with van der Waals surface area (Å²) in [7, 11) is 0. The molecule has 0 bridgehead atoms. The van der Waals surface area contributed by atoms with Crippen molar-refractivity contribution in [2.75, 3.05) is 22.1 Å². The Bertz CT molecular complexity index is 987. The molecule has 1 aliphatic rings. The van der Waals surface area contributed by atoms with Crippen molar-refractivity contribution in [3.8, 4) is 0 Å². The van der Waals surface area contributed by atoms with Crippen molar-refractivity contribution >= 4 is 40.9 Å². The molecule has 8 heteroatoms. The number of rotatable bonds is 5. The van der Waals surface area contributed by atoms with Crippen LogP contribution in [0.5, 0.6) is 0 Å². The van der Waals surface area contributed by atoms with Crippen molar-refractivity contribution in [3.63, 3.8) is 0 Å². The number of nitrogens with one attached hydrogen (secondary N) is 2. The van der Waals surface area contributed by atoms with E-state index in [0.29, 0.717) is 24.6 Å². The molecule has 1 fully saturated rings. The third kappa shape index (κ3) is 5.04. The van der Waals surface area contributed by atoms with Crippen LogP contribution in [0.3, 0.4) is 0 Å². The van der Waals surface area contributed by atoms with Gasteiger partial charge in [-0.25, -0.2) is 8.78 Å². The van der Waals surface area contributed by atoms with Gasteiger partial charge < -0.3 is 15.5 Å². The molecule has 0 radical (unpaired) electrons. The summed E-state index contributed by atoms with van der Waals surface area (Å²) in [6.45, 7) is 1.88. The van der Waals surface area contributed by atoms with E-state index in [-0.39, 0.29) is 17.3 Å². The van der Waals surface area contributed by atoms with Gasteiger partial charge in [0.15, 0.2) is 0 Å². The number of amides is 3. The number of nitrogens with zero attached hydrogens (tertiary/aromatic N) is 1. The van der Waals surface area contributed by atoms with Crippen LogP contribution in [0.4, 0.5) is 25.8 Å². The highest BCUT2D eigenvalue weighted by Gasteiger charge is 2.21. The van der Waals surface area contributed by atoms with Gasteiger partial charge in [-0.2, -0.15) is 0 Å². The fourth-order valence-electron chi connectivity index (χ4n) is 2.96. The Balaban J connectivity index is 1.66. The van der Waals surface area contributed by atoms with Crippen LogP contribution < -0.4 is 15.5 Å². The molecule has 0 unspecified atom stereocenters. The second kappa shape index (κ2) is 8.64. The fraction of sp³-hybridized carbons (Fsp3) is 0.190. The minimum atomic E-state index is -0.960. The van der Waals surface area contributed by atoms with Gasteiger partial charge in [0.05, 0.1) is 11.4 Å². The van der Waals surface area contributed by atoms with E-state index in [9.17, 15) is 23.2 Å². The van der Waals surface area contributed by atoms with E-state index in [1.54, 1.807) is 29.2 Å². The number of anilines is 3. The molecule has 0 aliphatic carbocycles. The zero-order valence-corrected chi connectivity index (χ0v) is 15.7. The first-order valence-electron chi connectivity index (χ1n) is 8.99. The van der Waals surface area contributed by atoms with Crippen molar-refractivity contribution in [1.29, 1.82) is 0 Å². The zero-order chi connectivity index (χ0) is 21.0. The van der Waals surface area contributed by atoms with Gasteiger partial charge in [-0.1, -0.05) is 12.1 Å². The van der Waals surface area contributed by atoms with E-state index >= 15 is 0 Å². The highest BCUT2D eigenvalue weighted by molar-refractivity contribution is 6.02. The van der Waals surface area contributed by atoms with E-state index < -0.39 is 23.4 Å². The molecule has 2 aromatic carbocycles. The van der Waals surface area contributed by atoms with Crippen molar-refractivity contribution in [2.45, 2.75) is 19.8 Å². The van der Waals surface area contributed by atoms with Crippen LogP contribution in [-0.2, 0) is 14.4 Å². The molecular formula is C21H19F2N3O3. The molecule has 29 heavy (non-hydrogen) atoms. The molecule has 2 aromatic rings. The van der Waals surface area contributed by atoms with E-state index in [1.807, 2.05) is 0 Å². The van der Waals surface area contributed by atoms with Crippen molar-refractivity contribution in [2.24, 2.45) is 0 Å². The van der Waals surface area contributed by atoms with Crippen LogP contribution in [-0.4, -0.2) is 24.3 Å². The van der Waals surface area contributed by atoms with Crippen LogP contribution in [0, 0.1) is 11.6 Å². The van der Waals surface area contributed by atoms with Crippen molar-refractivity contribution in [3.05, 3.63) is 59.7 Å². The molecular weight excluding hydrogens is 380 g/mol. The van der Waals surface area contributed by atoms with Gasteiger partial charge in [-0.15, -0.1) is 0 Å². The van der Waals surface area contributed by atoms with Gasteiger partial charge in [0.1, 0.15) is 11.6 Å². The third-order valence-corrected chi connectivity index (χ3v) is 4.33. The summed E-state index contributed by atoms with van der Waals surface area (Å²) in [5.74, 6) is -2.96. The molecule has 3 rings (SSSR count). The maximum atomic E-state index is 13.9. The Morgan fingerprint density at radius 3 is 2.28 bits per heavy atom. The van der Waals surface area contributed by atoms with E-state index in [2.05, 4.69) is 10.6 Å². The fourth-order valence-corrected chi connectivity index (χ4v) is 2.96. The second-order valence-electron chi connectivity index (χ2n) is 6.56. The first-order valence-corrected chi connectivity index (χ1v) is 8.99. The Morgan fingerprint density at radius 1 is 1.03 bits per heavy atom. The molecule has 2 N–H and O–H groups in total. The number of hydrogen-bond acceptors (Lipinski definition) is 3. The van der Waals surface area contributed by atoms with Gasteiger partial charge >= 0.3 is 0 Å². The van der Waals surface area contributed by atoms with E-state index in [4.69, 9.17) is 0 Å². The normalized spacial score (nSPS) is 13.8. The molecule has 0 atom stereocenters. The monoisotopic (exact) mass is 399 g/mol. The Hall–Kier alpha value is -3.55. The lowest BCUT2D eigenvalue weighted by Crippen LogP contribution is -2.23. The number of benzene rings is 2. The number of carbonyl (C=O) groups excluding carboxylic acids is 3. The predicted octanol–water partition coefficient (Wildman–Crippen LogP) is 3.70. The number of halogens is 2. The summed E-state index contributed by atoms with van der Waals surface area (Å²) in [5, 5.41) is 4.54. The van der Waals surface area contributed by atoms with Crippen LogP contribution in [0.1, 0.15) is 25.3 Å². The predicted molar refractivity (Wildman–Crippen MR) is 106 cm³/mol. The summed E-state index contributed by atoms with van der Waals surface area (Å²) in [4.78, 5) is 36.6. The average molecular weight is 399 g/mol. The number of carbonyl (C=O) groups is 3. The average Bonchev–Trinajstić information content (AvgIpc) is 3.10. The molecule has 0 saturated carbocycles. The largest absolute Gasteiger partial charge is 0.324 e. The van der Waals surface area contributed by atoms with Gasteiger partial charge in [-0.05, 0) is 36.3 Å². The lowest BCUT2D eigenvalue weighted by Gasteiger charge is -2.15. The molecule has 6 nitrogen and oxygen atoms in total. The highest BCUT2D eigenvalue weighted by atomic mass is 19.1. The molecule has 1 heterocycles. The van der Waals surface area contributed by atoms with Crippen molar-refractivity contribution in [1.82, 2.24) is 0 Å². The van der Waals surface area contributed by atoms with Crippen LogP contribution in [0.25, 0.3) is 6.08 Å². The molecule has 0 spiro atoms. The van der Waals surface area contributed by atoms with Crippen LogP contribution in [0.2, 0.25) is 0 Å². The maximum absolute atomic E-state index is 13.9. The minimum Gasteiger partial charge on any atom is -0.324 e. The van der Waals surface area contributed by atoms with Crippen LogP contribution in [0.15, 0.2) is 42.5 Å². The van der Waals surface area contributed by atoms with Gasteiger partial charge in [0.25, 0.3) is 0 Å². The first kappa shape index (κ1) is 20.2. The van der Waals surface area contributed by atoms with Gasteiger partial charge in [0, 0.05) is 37.7 Å². The topological polar surface area (TPSA) is 78.5 Å². The molecule has 1 aliphatic heterocycles. The Kier molecular flexibility index (Phi) is 6.01. The van der Waals surface area contributed by atoms with E-state index in [0.717, 1.165) is 18.2 Å². The Morgan fingerprint density at radius 2 is 1.69 bits per heavy atom. The maximum Gasteiger partial charge on any atom is 0.248 e.